The standard InChI is InChI=1S/C47H73O13P/c1-3-5-7-9-11-13-15-17-18-19-20-21-22-24-25-27-29-31-33-35-40(48)57-37-39(38-58-61(55,56)60-47-45(53)43(51)42(50)44(52)46(47)54)59-41(49)36-34-32-30-28-26-23-16-14-12-10-8-6-4-2/h5-8,10-14,16-18,20-21,23,26,28,30,39,42-47,50-54H,3-4,9,15,19,22,24-25,27,29,31-38H2,1-2H3,(H,55,56)/b7-5+,8-6+,12-10+,13-11+,16-14+,18-17+,21-20+,26-23+,30-28+/t39?,42?,43-,44?,45?,46?,47?/m0/s1. The zero-order valence-electron chi connectivity index (χ0n) is 36.1. The van der Waals surface area contributed by atoms with Gasteiger partial charge in [-0.3, -0.25) is 18.6 Å². The minimum atomic E-state index is -5.15. The Balaban J connectivity index is 2.53. The fourth-order valence-corrected chi connectivity index (χ4v) is 6.75. The Bertz CT molecular complexity index is 1480. The minimum absolute atomic E-state index is 0.0102. The van der Waals surface area contributed by atoms with Crippen molar-refractivity contribution in [1.82, 2.24) is 0 Å². The molecule has 1 saturated carbocycles. The van der Waals surface area contributed by atoms with E-state index >= 15 is 0 Å². The van der Waals surface area contributed by atoms with Gasteiger partial charge >= 0.3 is 19.8 Å². The third kappa shape index (κ3) is 28.7. The molecule has 0 saturated heterocycles. The van der Waals surface area contributed by atoms with Gasteiger partial charge in [0, 0.05) is 12.8 Å². The van der Waals surface area contributed by atoms with Crippen LogP contribution in [0.3, 0.4) is 0 Å². The molecule has 8 atom stereocenters. The lowest BCUT2D eigenvalue weighted by atomic mass is 9.85. The highest BCUT2D eigenvalue weighted by molar-refractivity contribution is 7.47. The third-order valence-electron chi connectivity index (χ3n) is 9.24. The summed E-state index contributed by atoms with van der Waals surface area (Å²) in [5.41, 5.74) is 0. The molecule has 1 rings (SSSR count). The van der Waals surface area contributed by atoms with Crippen molar-refractivity contribution >= 4 is 19.8 Å². The Morgan fingerprint density at radius 2 is 0.984 bits per heavy atom. The van der Waals surface area contributed by atoms with Gasteiger partial charge in [-0.05, 0) is 64.2 Å². The number of esters is 2. The van der Waals surface area contributed by atoms with Gasteiger partial charge in [0.1, 0.15) is 43.2 Å². The molecule has 1 fully saturated rings. The molecule has 0 aliphatic heterocycles. The fraction of sp³-hybridized carbons (Fsp3) is 0.574. The number of hydrogen-bond donors (Lipinski definition) is 6. The molecule has 1 aliphatic carbocycles. The van der Waals surface area contributed by atoms with Gasteiger partial charge in [-0.15, -0.1) is 0 Å². The second kappa shape index (κ2) is 36.0. The fourth-order valence-electron chi connectivity index (χ4n) is 5.78. The largest absolute Gasteiger partial charge is 0.472 e. The lowest BCUT2D eigenvalue weighted by Gasteiger charge is -2.41. The van der Waals surface area contributed by atoms with Crippen LogP contribution in [-0.4, -0.2) is 98.3 Å². The summed E-state index contributed by atoms with van der Waals surface area (Å²) >= 11 is 0. The van der Waals surface area contributed by atoms with Crippen LogP contribution in [0, 0.1) is 0 Å². The first-order chi connectivity index (χ1) is 29.4. The maximum absolute atomic E-state index is 12.8. The topological polar surface area (TPSA) is 210 Å². The van der Waals surface area contributed by atoms with E-state index < -0.39 is 75.7 Å². The van der Waals surface area contributed by atoms with Crippen molar-refractivity contribution in [2.75, 3.05) is 13.2 Å². The highest BCUT2D eigenvalue weighted by Gasteiger charge is 2.51. The van der Waals surface area contributed by atoms with Crippen molar-refractivity contribution < 1.29 is 63.1 Å². The summed E-state index contributed by atoms with van der Waals surface area (Å²) < 4.78 is 33.4. The van der Waals surface area contributed by atoms with Crippen molar-refractivity contribution in [2.24, 2.45) is 0 Å². The number of phosphoric ester groups is 1. The van der Waals surface area contributed by atoms with E-state index in [1.54, 1.807) is 0 Å². The van der Waals surface area contributed by atoms with Crippen molar-refractivity contribution in [3.8, 4) is 0 Å². The average molecular weight is 877 g/mol. The molecule has 0 amide bonds. The Morgan fingerprint density at radius 1 is 0.525 bits per heavy atom. The van der Waals surface area contributed by atoms with E-state index in [4.69, 9.17) is 18.5 Å². The number of phosphoric acid groups is 1. The molecule has 0 bridgehead atoms. The van der Waals surface area contributed by atoms with Gasteiger partial charge in [0.05, 0.1) is 6.61 Å². The first-order valence-electron chi connectivity index (χ1n) is 21.8. The summed E-state index contributed by atoms with van der Waals surface area (Å²) in [6, 6.07) is 0. The first kappa shape index (κ1) is 55.5. The first-order valence-corrected chi connectivity index (χ1v) is 23.3. The molecule has 1 aliphatic rings. The number of aliphatic hydroxyl groups is 5. The van der Waals surface area contributed by atoms with Gasteiger partial charge < -0.3 is 39.9 Å². The minimum Gasteiger partial charge on any atom is -0.462 e. The maximum Gasteiger partial charge on any atom is 0.472 e. The normalized spacial score (nSPS) is 23.1. The molecule has 6 N–H and O–H groups in total. The second-order valence-corrected chi connectivity index (χ2v) is 16.0. The van der Waals surface area contributed by atoms with E-state index in [1.807, 2.05) is 54.7 Å². The molecule has 14 heteroatoms. The number of unbranched alkanes of at least 4 members (excludes halogenated alkanes) is 7. The number of allylic oxidation sites excluding steroid dienone is 18. The van der Waals surface area contributed by atoms with Crippen molar-refractivity contribution in [3.63, 3.8) is 0 Å². The maximum atomic E-state index is 12.8. The van der Waals surface area contributed by atoms with Crippen LogP contribution in [-0.2, 0) is 32.7 Å². The molecule has 0 heterocycles. The van der Waals surface area contributed by atoms with Crippen LogP contribution in [0.1, 0.15) is 117 Å². The number of ether oxygens (including phenoxy) is 2. The average Bonchev–Trinajstić information content (AvgIpc) is 3.24. The molecule has 13 nitrogen and oxygen atoms in total. The van der Waals surface area contributed by atoms with Crippen molar-refractivity contribution in [3.05, 3.63) is 109 Å². The van der Waals surface area contributed by atoms with Gasteiger partial charge in [-0.1, -0.05) is 149 Å². The SMILES string of the molecule is CC/C=C/C=C/C=C/C=C/C=C/CCCC(=O)OC(COC(=O)CCCCCCCC/C=C/C/C=C/C/C=C/C/C=C/CC)COP(=O)(O)OC1C(O)C(O)C(O)[C@H](O)C1O. The van der Waals surface area contributed by atoms with Gasteiger partial charge in [-0.25, -0.2) is 4.57 Å². The molecule has 0 spiro atoms. The number of carbonyl (C=O) groups excluding carboxylic acids is 2. The zero-order valence-corrected chi connectivity index (χ0v) is 37.0. The predicted molar refractivity (Wildman–Crippen MR) is 239 cm³/mol. The lowest BCUT2D eigenvalue weighted by molar-refractivity contribution is -0.220. The van der Waals surface area contributed by atoms with Gasteiger partial charge in [0.2, 0.25) is 0 Å². The molecule has 0 radical (unpaired) electrons. The number of carbonyl (C=O) groups is 2. The van der Waals surface area contributed by atoms with Crippen molar-refractivity contribution in [1.29, 1.82) is 0 Å². The lowest BCUT2D eigenvalue weighted by Crippen LogP contribution is -2.64. The highest BCUT2D eigenvalue weighted by Crippen LogP contribution is 2.47. The van der Waals surface area contributed by atoms with Gasteiger partial charge in [-0.2, -0.15) is 0 Å². The van der Waals surface area contributed by atoms with Crippen LogP contribution in [0.4, 0.5) is 0 Å². The predicted octanol–water partition coefficient (Wildman–Crippen LogP) is 8.05. The molecule has 7 unspecified atom stereocenters. The summed E-state index contributed by atoms with van der Waals surface area (Å²) in [6.45, 7) is 2.93. The molecule has 0 aromatic carbocycles. The van der Waals surface area contributed by atoms with Crippen LogP contribution in [0.15, 0.2) is 109 Å². The Morgan fingerprint density at radius 3 is 1.57 bits per heavy atom. The Kier molecular flexibility index (Phi) is 32.8. The summed E-state index contributed by atoms with van der Waals surface area (Å²) in [5, 5.41) is 50.1. The summed E-state index contributed by atoms with van der Waals surface area (Å²) in [5.74, 6) is -1.22. The van der Waals surface area contributed by atoms with E-state index in [2.05, 4.69) is 68.5 Å². The zero-order chi connectivity index (χ0) is 45.0. The second-order valence-electron chi connectivity index (χ2n) is 14.6. The summed E-state index contributed by atoms with van der Waals surface area (Å²) in [7, 11) is -5.15. The molecule has 344 valence electrons. The quantitative estimate of drug-likeness (QED) is 0.0121. The Labute approximate surface area is 363 Å². The van der Waals surface area contributed by atoms with E-state index in [1.165, 1.54) is 0 Å². The molecule has 0 aromatic heterocycles. The van der Waals surface area contributed by atoms with Crippen LogP contribution in [0.2, 0.25) is 0 Å². The third-order valence-corrected chi connectivity index (χ3v) is 10.2. The van der Waals surface area contributed by atoms with Crippen LogP contribution < -0.4 is 0 Å². The van der Waals surface area contributed by atoms with Crippen LogP contribution >= 0.6 is 7.82 Å². The number of rotatable bonds is 33. The smallest absolute Gasteiger partial charge is 0.462 e. The summed E-state index contributed by atoms with van der Waals surface area (Å²) in [6.07, 6.45) is 35.9. The number of hydrogen-bond acceptors (Lipinski definition) is 12. The van der Waals surface area contributed by atoms with E-state index in [-0.39, 0.29) is 12.8 Å². The Hall–Kier alpha value is -3.49. The molecular formula is C47H73O13P. The summed E-state index contributed by atoms with van der Waals surface area (Å²) in [4.78, 5) is 35.6. The molecule has 61 heavy (non-hydrogen) atoms. The molecule has 0 aromatic rings. The van der Waals surface area contributed by atoms with E-state index in [0.29, 0.717) is 19.3 Å². The van der Waals surface area contributed by atoms with Crippen LogP contribution in [0.25, 0.3) is 0 Å². The monoisotopic (exact) mass is 876 g/mol. The van der Waals surface area contributed by atoms with Gasteiger partial charge in [0.25, 0.3) is 0 Å². The van der Waals surface area contributed by atoms with E-state index in [0.717, 1.165) is 70.6 Å². The number of aliphatic hydroxyl groups excluding tert-OH is 5. The van der Waals surface area contributed by atoms with Gasteiger partial charge in [0.15, 0.2) is 6.10 Å². The molecular weight excluding hydrogens is 803 g/mol. The van der Waals surface area contributed by atoms with E-state index in [9.17, 15) is 44.6 Å². The van der Waals surface area contributed by atoms with Crippen LogP contribution in [0.5, 0.6) is 0 Å². The highest BCUT2D eigenvalue weighted by atomic mass is 31.2. The van der Waals surface area contributed by atoms with Crippen molar-refractivity contribution in [2.45, 2.75) is 159 Å².